The van der Waals surface area contributed by atoms with Crippen LogP contribution in [0.2, 0.25) is 0 Å². The standard InChI is InChI=1S/C12H15IN2O2/c13-10-3-1-9(2-4-10)7-15-5-6-17-11(8-15)12(14)16/h1-4,11H,5-8H2,(H2,14,16). The van der Waals surface area contributed by atoms with Crippen molar-refractivity contribution in [2.75, 3.05) is 19.7 Å². The van der Waals surface area contributed by atoms with E-state index in [-0.39, 0.29) is 5.91 Å². The van der Waals surface area contributed by atoms with Crippen LogP contribution in [0.25, 0.3) is 0 Å². The largest absolute Gasteiger partial charge is 0.367 e. The number of nitrogens with zero attached hydrogens (tertiary/aromatic N) is 1. The maximum absolute atomic E-state index is 11.1. The summed E-state index contributed by atoms with van der Waals surface area (Å²) in [5.74, 6) is -0.377. The number of benzene rings is 1. The van der Waals surface area contributed by atoms with Crippen LogP contribution in [0, 0.1) is 3.57 Å². The molecule has 0 aromatic heterocycles. The highest BCUT2D eigenvalue weighted by Gasteiger charge is 2.24. The Kier molecular flexibility index (Phi) is 4.36. The van der Waals surface area contributed by atoms with Gasteiger partial charge >= 0.3 is 0 Å². The van der Waals surface area contributed by atoms with E-state index in [4.69, 9.17) is 10.5 Å². The molecule has 1 aliphatic heterocycles. The maximum Gasteiger partial charge on any atom is 0.247 e. The van der Waals surface area contributed by atoms with E-state index >= 15 is 0 Å². The fourth-order valence-corrected chi connectivity index (χ4v) is 2.23. The van der Waals surface area contributed by atoms with Crippen molar-refractivity contribution in [2.24, 2.45) is 5.73 Å². The molecule has 1 aromatic carbocycles. The summed E-state index contributed by atoms with van der Waals surface area (Å²) < 4.78 is 6.53. The van der Waals surface area contributed by atoms with Gasteiger partial charge in [0.15, 0.2) is 0 Å². The van der Waals surface area contributed by atoms with Crippen molar-refractivity contribution in [3.8, 4) is 0 Å². The summed E-state index contributed by atoms with van der Waals surface area (Å²) in [5.41, 5.74) is 6.50. The summed E-state index contributed by atoms with van der Waals surface area (Å²) in [6, 6.07) is 8.39. The Morgan fingerprint density at radius 1 is 1.47 bits per heavy atom. The Hall–Kier alpha value is -0.660. The molecule has 4 nitrogen and oxygen atoms in total. The van der Waals surface area contributed by atoms with Crippen LogP contribution in [0.1, 0.15) is 5.56 Å². The van der Waals surface area contributed by atoms with Gasteiger partial charge in [0.1, 0.15) is 6.10 Å². The number of carbonyl (C=O) groups is 1. The normalized spacial score (nSPS) is 21.4. The lowest BCUT2D eigenvalue weighted by Crippen LogP contribution is -2.47. The molecule has 0 saturated carbocycles. The molecule has 0 aliphatic carbocycles. The number of primary amides is 1. The average molecular weight is 346 g/mol. The number of carbonyl (C=O) groups excluding carboxylic acids is 1. The molecule has 1 heterocycles. The minimum Gasteiger partial charge on any atom is -0.367 e. The average Bonchev–Trinajstić information content (AvgIpc) is 2.32. The molecule has 2 N–H and O–H groups in total. The van der Waals surface area contributed by atoms with Gasteiger partial charge in [0.25, 0.3) is 0 Å². The summed E-state index contributed by atoms with van der Waals surface area (Å²) >= 11 is 2.28. The van der Waals surface area contributed by atoms with Crippen molar-refractivity contribution >= 4 is 28.5 Å². The quantitative estimate of drug-likeness (QED) is 0.831. The second-order valence-corrected chi connectivity index (χ2v) is 5.37. The number of rotatable bonds is 3. The van der Waals surface area contributed by atoms with E-state index in [1.54, 1.807) is 0 Å². The first-order valence-electron chi connectivity index (χ1n) is 5.53. The molecule has 1 aliphatic rings. The van der Waals surface area contributed by atoms with Gasteiger partial charge in [-0.2, -0.15) is 0 Å². The zero-order valence-electron chi connectivity index (χ0n) is 9.43. The first-order valence-corrected chi connectivity index (χ1v) is 6.61. The maximum atomic E-state index is 11.1. The van der Waals surface area contributed by atoms with Gasteiger partial charge in [0.05, 0.1) is 6.61 Å². The molecule has 0 radical (unpaired) electrons. The summed E-state index contributed by atoms with van der Waals surface area (Å²) in [6.45, 7) is 2.83. The minimum atomic E-state index is -0.465. The molecular weight excluding hydrogens is 331 g/mol. The zero-order chi connectivity index (χ0) is 12.3. The summed E-state index contributed by atoms with van der Waals surface area (Å²) in [7, 11) is 0. The number of nitrogens with two attached hydrogens (primary N) is 1. The van der Waals surface area contributed by atoms with Crippen LogP contribution in [0.3, 0.4) is 0 Å². The third-order valence-corrected chi connectivity index (χ3v) is 3.51. The van der Waals surface area contributed by atoms with Gasteiger partial charge in [-0.1, -0.05) is 12.1 Å². The SMILES string of the molecule is NC(=O)C1CN(Cc2ccc(I)cc2)CCO1. The second-order valence-electron chi connectivity index (χ2n) is 4.12. The second kappa shape index (κ2) is 5.79. The Labute approximate surface area is 114 Å². The van der Waals surface area contributed by atoms with Crippen molar-refractivity contribution in [1.29, 1.82) is 0 Å². The lowest BCUT2D eigenvalue weighted by Gasteiger charge is -2.31. The number of hydrogen-bond donors (Lipinski definition) is 1. The number of halogens is 1. The summed E-state index contributed by atoms with van der Waals surface area (Å²) in [4.78, 5) is 13.3. The van der Waals surface area contributed by atoms with E-state index in [0.29, 0.717) is 13.2 Å². The number of amides is 1. The Bertz CT molecular complexity index is 394. The van der Waals surface area contributed by atoms with Gasteiger partial charge in [0, 0.05) is 23.2 Å². The molecule has 92 valence electrons. The van der Waals surface area contributed by atoms with E-state index in [1.807, 2.05) is 0 Å². The third kappa shape index (κ3) is 3.65. The van der Waals surface area contributed by atoms with E-state index < -0.39 is 6.10 Å². The molecule has 0 spiro atoms. The number of morpholine rings is 1. The molecule has 1 amide bonds. The van der Waals surface area contributed by atoms with Gasteiger partial charge in [-0.3, -0.25) is 9.69 Å². The van der Waals surface area contributed by atoms with Crippen molar-refractivity contribution in [3.63, 3.8) is 0 Å². The van der Waals surface area contributed by atoms with E-state index in [9.17, 15) is 4.79 Å². The molecule has 0 bridgehead atoms. The van der Waals surface area contributed by atoms with Crippen molar-refractivity contribution in [1.82, 2.24) is 4.90 Å². The molecule has 5 heteroatoms. The van der Waals surface area contributed by atoms with Crippen LogP contribution >= 0.6 is 22.6 Å². The lowest BCUT2D eigenvalue weighted by atomic mass is 10.2. The van der Waals surface area contributed by atoms with Crippen LogP contribution in [-0.4, -0.2) is 36.6 Å². The van der Waals surface area contributed by atoms with Crippen LogP contribution < -0.4 is 5.73 Å². The van der Waals surface area contributed by atoms with Gasteiger partial charge in [-0.15, -0.1) is 0 Å². The molecule has 1 aromatic rings. The Balaban J connectivity index is 1.94. The lowest BCUT2D eigenvalue weighted by molar-refractivity contribution is -0.135. The highest BCUT2D eigenvalue weighted by Crippen LogP contribution is 2.12. The first-order chi connectivity index (χ1) is 8.15. The van der Waals surface area contributed by atoms with Crippen LogP contribution in [0.15, 0.2) is 24.3 Å². The summed E-state index contributed by atoms with van der Waals surface area (Å²) in [5, 5.41) is 0. The van der Waals surface area contributed by atoms with Gasteiger partial charge in [0.2, 0.25) is 5.91 Å². The Morgan fingerprint density at radius 3 is 2.82 bits per heavy atom. The zero-order valence-corrected chi connectivity index (χ0v) is 11.6. The van der Waals surface area contributed by atoms with Crippen LogP contribution in [-0.2, 0) is 16.1 Å². The predicted molar refractivity (Wildman–Crippen MR) is 73.4 cm³/mol. The molecule has 1 atom stereocenters. The van der Waals surface area contributed by atoms with Crippen molar-refractivity contribution < 1.29 is 9.53 Å². The van der Waals surface area contributed by atoms with Crippen LogP contribution in [0.4, 0.5) is 0 Å². The summed E-state index contributed by atoms with van der Waals surface area (Å²) in [6.07, 6.45) is -0.465. The highest BCUT2D eigenvalue weighted by atomic mass is 127. The molecule has 1 saturated heterocycles. The first kappa shape index (κ1) is 12.8. The fraction of sp³-hybridized carbons (Fsp3) is 0.417. The predicted octanol–water partition coefficient (Wildman–Crippen LogP) is 0.977. The molecule has 17 heavy (non-hydrogen) atoms. The molecule has 1 unspecified atom stereocenters. The van der Waals surface area contributed by atoms with Crippen LogP contribution in [0.5, 0.6) is 0 Å². The number of ether oxygens (including phenoxy) is 1. The van der Waals surface area contributed by atoms with E-state index in [2.05, 4.69) is 51.8 Å². The van der Waals surface area contributed by atoms with Gasteiger partial charge in [-0.05, 0) is 40.3 Å². The Morgan fingerprint density at radius 2 is 2.18 bits per heavy atom. The van der Waals surface area contributed by atoms with E-state index in [1.165, 1.54) is 9.13 Å². The fourth-order valence-electron chi connectivity index (χ4n) is 1.87. The minimum absolute atomic E-state index is 0.377. The van der Waals surface area contributed by atoms with Gasteiger partial charge < -0.3 is 10.5 Å². The van der Waals surface area contributed by atoms with Crippen molar-refractivity contribution in [2.45, 2.75) is 12.6 Å². The molecule has 1 fully saturated rings. The monoisotopic (exact) mass is 346 g/mol. The molecule has 2 rings (SSSR count). The number of hydrogen-bond acceptors (Lipinski definition) is 3. The van der Waals surface area contributed by atoms with Crippen molar-refractivity contribution in [3.05, 3.63) is 33.4 Å². The highest BCUT2D eigenvalue weighted by molar-refractivity contribution is 14.1. The van der Waals surface area contributed by atoms with Gasteiger partial charge in [-0.25, -0.2) is 0 Å². The molecular formula is C12H15IN2O2. The van der Waals surface area contributed by atoms with E-state index in [0.717, 1.165) is 13.1 Å². The smallest absolute Gasteiger partial charge is 0.247 e. The topological polar surface area (TPSA) is 55.6 Å². The third-order valence-electron chi connectivity index (χ3n) is 2.79.